The van der Waals surface area contributed by atoms with Gasteiger partial charge in [0.05, 0.1) is 4.88 Å². The van der Waals surface area contributed by atoms with E-state index < -0.39 is 0 Å². The number of aromatic amines is 1. The van der Waals surface area contributed by atoms with Crippen LogP contribution in [0.25, 0.3) is 10.7 Å². The van der Waals surface area contributed by atoms with Crippen LogP contribution in [-0.2, 0) is 17.8 Å². The molecule has 0 aliphatic carbocycles. The maximum absolute atomic E-state index is 12.2. The van der Waals surface area contributed by atoms with Gasteiger partial charge in [0.25, 0.3) is 0 Å². The van der Waals surface area contributed by atoms with Crippen LogP contribution in [0.1, 0.15) is 11.1 Å². The highest BCUT2D eigenvalue weighted by Crippen LogP contribution is 2.22. The number of hydrogen-bond acceptors (Lipinski definition) is 4. The number of carbonyl (C=O) groups is 1. The maximum atomic E-state index is 12.2. The SMILES string of the molecule is Cc1ccccc1CCNC(=O)Cn1c(-c2cccs2)n[nH]c1=S. The van der Waals surface area contributed by atoms with Gasteiger partial charge in [-0.25, -0.2) is 0 Å². The minimum absolute atomic E-state index is 0.0705. The van der Waals surface area contributed by atoms with Gasteiger partial charge in [-0.15, -0.1) is 11.3 Å². The number of aryl methyl sites for hydroxylation is 1. The molecule has 0 saturated carbocycles. The molecule has 1 aromatic carbocycles. The molecule has 2 aromatic heterocycles. The molecule has 0 fully saturated rings. The van der Waals surface area contributed by atoms with Gasteiger partial charge < -0.3 is 5.32 Å². The van der Waals surface area contributed by atoms with E-state index in [0.29, 0.717) is 17.1 Å². The van der Waals surface area contributed by atoms with E-state index in [1.165, 1.54) is 11.1 Å². The lowest BCUT2D eigenvalue weighted by atomic mass is 10.1. The third-order valence-electron chi connectivity index (χ3n) is 3.78. The minimum atomic E-state index is -0.0705. The van der Waals surface area contributed by atoms with Gasteiger partial charge in [-0.2, -0.15) is 5.10 Å². The smallest absolute Gasteiger partial charge is 0.240 e. The van der Waals surface area contributed by atoms with Crippen molar-refractivity contribution in [3.63, 3.8) is 0 Å². The maximum Gasteiger partial charge on any atom is 0.240 e. The molecule has 1 amide bonds. The number of carbonyl (C=O) groups excluding carboxylic acids is 1. The molecule has 124 valence electrons. The second-order valence-corrected chi connectivity index (χ2v) is 6.78. The van der Waals surface area contributed by atoms with Crippen LogP contribution in [0.15, 0.2) is 41.8 Å². The zero-order valence-corrected chi connectivity index (χ0v) is 14.9. The summed E-state index contributed by atoms with van der Waals surface area (Å²) in [5.41, 5.74) is 2.49. The summed E-state index contributed by atoms with van der Waals surface area (Å²) in [7, 11) is 0. The predicted molar refractivity (Wildman–Crippen MR) is 98.6 cm³/mol. The topological polar surface area (TPSA) is 62.7 Å². The molecule has 0 unspecified atom stereocenters. The number of hydrogen-bond donors (Lipinski definition) is 2. The van der Waals surface area contributed by atoms with Crippen molar-refractivity contribution in [3.8, 4) is 10.7 Å². The third kappa shape index (κ3) is 3.80. The summed E-state index contributed by atoms with van der Waals surface area (Å²) < 4.78 is 2.18. The molecule has 7 heteroatoms. The molecule has 0 saturated heterocycles. The van der Waals surface area contributed by atoms with Crippen molar-refractivity contribution >= 4 is 29.5 Å². The Kier molecular flexibility index (Phi) is 5.22. The summed E-state index contributed by atoms with van der Waals surface area (Å²) in [5.74, 6) is 0.628. The van der Waals surface area contributed by atoms with Crippen LogP contribution in [-0.4, -0.2) is 27.2 Å². The lowest BCUT2D eigenvalue weighted by Gasteiger charge is -2.09. The Morgan fingerprint density at radius 2 is 2.17 bits per heavy atom. The molecular formula is C17H18N4OS2. The summed E-state index contributed by atoms with van der Waals surface area (Å²) in [6.07, 6.45) is 0.812. The zero-order chi connectivity index (χ0) is 16.9. The first-order valence-corrected chi connectivity index (χ1v) is 8.94. The molecule has 3 aromatic rings. The second kappa shape index (κ2) is 7.55. The van der Waals surface area contributed by atoms with Crippen LogP contribution in [0.5, 0.6) is 0 Å². The van der Waals surface area contributed by atoms with Gasteiger partial charge in [0.15, 0.2) is 10.6 Å². The van der Waals surface area contributed by atoms with Crippen molar-refractivity contribution in [2.24, 2.45) is 0 Å². The molecular weight excluding hydrogens is 340 g/mol. The average Bonchev–Trinajstić information content (AvgIpc) is 3.20. The summed E-state index contributed by atoms with van der Waals surface area (Å²) in [6.45, 7) is 2.84. The molecule has 0 spiro atoms. The first kappa shape index (κ1) is 16.6. The van der Waals surface area contributed by atoms with Crippen molar-refractivity contribution in [1.29, 1.82) is 0 Å². The monoisotopic (exact) mass is 358 g/mol. The Hall–Kier alpha value is -2.25. The molecule has 0 aliphatic heterocycles. The number of thiophene rings is 1. The highest BCUT2D eigenvalue weighted by atomic mass is 32.1. The number of H-pyrrole nitrogens is 1. The molecule has 2 heterocycles. The van der Waals surface area contributed by atoms with E-state index in [2.05, 4.69) is 34.6 Å². The van der Waals surface area contributed by atoms with Gasteiger partial charge in [0.2, 0.25) is 5.91 Å². The molecule has 5 nitrogen and oxygen atoms in total. The Balaban J connectivity index is 1.61. The van der Waals surface area contributed by atoms with Crippen LogP contribution >= 0.6 is 23.6 Å². The molecule has 0 aliphatic rings. The number of nitrogens with one attached hydrogen (secondary N) is 2. The van der Waals surface area contributed by atoms with E-state index in [-0.39, 0.29) is 12.5 Å². The predicted octanol–water partition coefficient (Wildman–Crippen LogP) is 3.34. The number of rotatable bonds is 6. The molecule has 0 radical (unpaired) electrons. The Morgan fingerprint density at radius 1 is 1.33 bits per heavy atom. The van der Waals surface area contributed by atoms with Crippen LogP contribution in [0.2, 0.25) is 0 Å². The second-order valence-electron chi connectivity index (χ2n) is 5.44. The molecule has 0 bridgehead atoms. The van der Waals surface area contributed by atoms with Crippen LogP contribution < -0.4 is 5.32 Å². The van der Waals surface area contributed by atoms with E-state index >= 15 is 0 Å². The normalized spacial score (nSPS) is 10.7. The third-order valence-corrected chi connectivity index (χ3v) is 4.96. The quantitative estimate of drug-likeness (QED) is 0.664. The fourth-order valence-corrected chi connectivity index (χ4v) is 3.40. The van der Waals surface area contributed by atoms with E-state index in [1.807, 2.05) is 29.6 Å². The summed E-state index contributed by atoms with van der Waals surface area (Å²) in [4.78, 5) is 13.2. The van der Waals surface area contributed by atoms with E-state index in [0.717, 1.165) is 11.3 Å². The minimum Gasteiger partial charge on any atom is -0.354 e. The first-order valence-electron chi connectivity index (χ1n) is 7.65. The van der Waals surface area contributed by atoms with Gasteiger partial charge in [-0.1, -0.05) is 30.3 Å². The Bertz CT molecular complexity index is 880. The lowest BCUT2D eigenvalue weighted by molar-refractivity contribution is -0.121. The average molecular weight is 358 g/mol. The van der Waals surface area contributed by atoms with Crippen molar-refractivity contribution in [1.82, 2.24) is 20.1 Å². The standard InChI is InChI=1S/C17H18N4OS2/c1-12-5-2-3-6-13(12)8-9-18-15(22)11-21-16(19-20-17(21)23)14-7-4-10-24-14/h2-7,10H,8-9,11H2,1H3,(H,18,22)(H,20,23). The lowest BCUT2D eigenvalue weighted by Crippen LogP contribution is -2.29. The molecule has 24 heavy (non-hydrogen) atoms. The van der Waals surface area contributed by atoms with Gasteiger partial charge in [-0.05, 0) is 48.1 Å². The summed E-state index contributed by atoms with van der Waals surface area (Å²) >= 11 is 6.81. The summed E-state index contributed by atoms with van der Waals surface area (Å²) in [5, 5.41) is 11.9. The van der Waals surface area contributed by atoms with E-state index in [9.17, 15) is 4.79 Å². The van der Waals surface area contributed by atoms with Crippen molar-refractivity contribution < 1.29 is 4.79 Å². The zero-order valence-electron chi connectivity index (χ0n) is 13.3. The highest BCUT2D eigenvalue weighted by molar-refractivity contribution is 7.71. The number of amides is 1. The number of nitrogens with zero attached hydrogens (tertiary/aromatic N) is 2. The molecule has 0 atom stereocenters. The Morgan fingerprint density at radius 3 is 2.92 bits per heavy atom. The number of aromatic nitrogens is 3. The Labute approximate surface area is 149 Å². The van der Waals surface area contributed by atoms with Crippen molar-refractivity contribution in [3.05, 3.63) is 57.7 Å². The summed E-state index contributed by atoms with van der Waals surface area (Å²) in [6, 6.07) is 12.1. The van der Waals surface area contributed by atoms with Crippen LogP contribution in [0, 0.1) is 11.7 Å². The fraction of sp³-hybridized carbons (Fsp3) is 0.235. The van der Waals surface area contributed by atoms with Gasteiger partial charge in [0.1, 0.15) is 6.54 Å². The first-order chi connectivity index (χ1) is 11.6. The largest absolute Gasteiger partial charge is 0.354 e. The van der Waals surface area contributed by atoms with E-state index in [1.54, 1.807) is 15.9 Å². The van der Waals surface area contributed by atoms with Gasteiger partial charge in [0, 0.05) is 6.54 Å². The molecule has 3 rings (SSSR count). The van der Waals surface area contributed by atoms with Gasteiger partial charge in [-0.3, -0.25) is 14.5 Å². The van der Waals surface area contributed by atoms with Gasteiger partial charge >= 0.3 is 0 Å². The van der Waals surface area contributed by atoms with Crippen LogP contribution in [0.3, 0.4) is 0 Å². The fourth-order valence-electron chi connectivity index (χ4n) is 2.48. The van der Waals surface area contributed by atoms with Crippen molar-refractivity contribution in [2.75, 3.05) is 6.54 Å². The van der Waals surface area contributed by atoms with Crippen LogP contribution in [0.4, 0.5) is 0 Å². The molecule has 2 N–H and O–H groups in total. The number of benzene rings is 1. The van der Waals surface area contributed by atoms with E-state index in [4.69, 9.17) is 12.2 Å². The highest BCUT2D eigenvalue weighted by Gasteiger charge is 2.12. The van der Waals surface area contributed by atoms with Crippen molar-refractivity contribution in [2.45, 2.75) is 19.9 Å².